The summed E-state index contributed by atoms with van der Waals surface area (Å²) >= 11 is 3.41. The van der Waals surface area contributed by atoms with Crippen LogP contribution in [0.4, 0.5) is 0 Å². The first kappa shape index (κ1) is 16.6. The van der Waals surface area contributed by atoms with E-state index in [-0.39, 0.29) is 18.9 Å². The van der Waals surface area contributed by atoms with E-state index in [1.165, 1.54) is 0 Å². The Bertz CT molecular complexity index is 600. The molecule has 0 spiro atoms. The number of carboxylic acids is 1. The van der Waals surface area contributed by atoms with Crippen LogP contribution in [0, 0.1) is 5.41 Å². The molecule has 0 unspecified atom stereocenters. The standard InChI is InChI=1S/C15H18BrNO5/c1-15(2,14(19)20)8-17-13(18)6-9-5-11-12(7-10(9)16)22-4-3-21-11/h5,7H,3-4,6,8H2,1-2H3,(H,17,18)(H,19,20). The number of ether oxygens (including phenoxy) is 2. The molecule has 2 rings (SSSR count). The second kappa shape index (κ2) is 6.56. The van der Waals surface area contributed by atoms with Crippen molar-refractivity contribution in [3.63, 3.8) is 0 Å². The van der Waals surface area contributed by atoms with Crippen molar-refractivity contribution in [3.8, 4) is 11.5 Å². The maximum absolute atomic E-state index is 12.0. The van der Waals surface area contributed by atoms with Gasteiger partial charge in [-0.3, -0.25) is 9.59 Å². The Morgan fingerprint density at radius 1 is 1.27 bits per heavy atom. The number of amides is 1. The lowest BCUT2D eigenvalue weighted by atomic mass is 9.94. The van der Waals surface area contributed by atoms with Crippen LogP contribution in [0.1, 0.15) is 19.4 Å². The van der Waals surface area contributed by atoms with Gasteiger partial charge in [-0.2, -0.15) is 0 Å². The molecular formula is C15H18BrNO5. The van der Waals surface area contributed by atoms with Crippen LogP contribution in [0.2, 0.25) is 0 Å². The largest absolute Gasteiger partial charge is 0.486 e. The molecule has 0 fully saturated rings. The van der Waals surface area contributed by atoms with E-state index < -0.39 is 11.4 Å². The fourth-order valence-electron chi connectivity index (χ4n) is 1.87. The Kier molecular flexibility index (Phi) is 4.95. The van der Waals surface area contributed by atoms with Crippen molar-refractivity contribution in [1.82, 2.24) is 5.32 Å². The Morgan fingerprint density at radius 3 is 2.45 bits per heavy atom. The summed E-state index contributed by atoms with van der Waals surface area (Å²) in [5.41, 5.74) is -0.241. The Hall–Kier alpha value is -1.76. The molecule has 0 aromatic heterocycles. The first-order chi connectivity index (χ1) is 10.3. The van der Waals surface area contributed by atoms with Crippen molar-refractivity contribution in [3.05, 3.63) is 22.2 Å². The molecule has 0 bridgehead atoms. The molecule has 1 heterocycles. The van der Waals surface area contributed by atoms with Crippen molar-refractivity contribution in [2.24, 2.45) is 5.41 Å². The number of hydrogen-bond acceptors (Lipinski definition) is 4. The maximum atomic E-state index is 12.0. The number of carboxylic acid groups (broad SMARTS) is 1. The molecule has 0 saturated carbocycles. The van der Waals surface area contributed by atoms with Crippen LogP contribution in [0.3, 0.4) is 0 Å². The molecule has 1 amide bonds. The number of carbonyl (C=O) groups excluding carboxylic acids is 1. The number of benzene rings is 1. The van der Waals surface area contributed by atoms with Gasteiger partial charge in [-0.05, 0) is 31.5 Å². The summed E-state index contributed by atoms with van der Waals surface area (Å²) in [4.78, 5) is 23.0. The molecule has 1 aromatic carbocycles. The highest BCUT2D eigenvalue weighted by Crippen LogP contribution is 2.35. The SMILES string of the molecule is CC(C)(CNC(=O)Cc1cc2c(cc1Br)OCCO2)C(=O)O. The van der Waals surface area contributed by atoms with Gasteiger partial charge in [-0.1, -0.05) is 15.9 Å². The number of hydrogen-bond donors (Lipinski definition) is 2. The summed E-state index contributed by atoms with van der Waals surface area (Å²) in [6.45, 7) is 4.19. The van der Waals surface area contributed by atoms with Gasteiger partial charge in [0, 0.05) is 11.0 Å². The third kappa shape index (κ3) is 3.91. The molecule has 0 radical (unpaired) electrons. The van der Waals surface area contributed by atoms with E-state index in [0.29, 0.717) is 24.7 Å². The van der Waals surface area contributed by atoms with E-state index in [9.17, 15) is 9.59 Å². The van der Waals surface area contributed by atoms with Gasteiger partial charge in [-0.25, -0.2) is 0 Å². The average molecular weight is 372 g/mol. The molecule has 120 valence electrons. The van der Waals surface area contributed by atoms with E-state index >= 15 is 0 Å². The fourth-order valence-corrected chi connectivity index (χ4v) is 2.33. The van der Waals surface area contributed by atoms with Gasteiger partial charge < -0.3 is 19.9 Å². The molecule has 1 aromatic rings. The molecule has 1 aliphatic rings. The maximum Gasteiger partial charge on any atom is 0.310 e. The second-order valence-electron chi connectivity index (χ2n) is 5.73. The van der Waals surface area contributed by atoms with Gasteiger partial charge >= 0.3 is 5.97 Å². The van der Waals surface area contributed by atoms with Crippen LogP contribution in [0.5, 0.6) is 11.5 Å². The summed E-state index contributed by atoms with van der Waals surface area (Å²) in [5, 5.41) is 11.7. The summed E-state index contributed by atoms with van der Waals surface area (Å²) in [6, 6.07) is 3.54. The van der Waals surface area contributed by atoms with E-state index in [0.717, 1.165) is 10.0 Å². The molecular weight excluding hydrogens is 354 g/mol. The van der Waals surface area contributed by atoms with Gasteiger partial charge in [0.05, 0.1) is 11.8 Å². The highest BCUT2D eigenvalue weighted by Gasteiger charge is 2.27. The monoisotopic (exact) mass is 371 g/mol. The second-order valence-corrected chi connectivity index (χ2v) is 6.58. The Balaban J connectivity index is 2.01. The summed E-state index contributed by atoms with van der Waals surface area (Å²) < 4.78 is 11.7. The van der Waals surface area contributed by atoms with Gasteiger partial charge in [0.2, 0.25) is 5.91 Å². The Labute approximate surface area is 136 Å². The predicted octanol–water partition coefficient (Wildman–Crippen LogP) is 1.99. The van der Waals surface area contributed by atoms with Gasteiger partial charge in [-0.15, -0.1) is 0 Å². The van der Waals surface area contributed by atoms with E-state index in [4.69, 9.17) is 14.6 Å². The zero-order valence-corrected chi connectivity index (χ0v) is 14.0. The summed E-state index contributed by atoms with van der Waals surface area (Å²) in [5.74, 6) is 0.0671. The first-order valence-corrected chi connectivity index (χ1v) is 7.67. The highest BCUT2D eigenvalue weighted by atomic mass is 79.9. The van der Waals surface area contributed by atoms with Crippen molar-refractivity contribution >= 4 is 27.8 Å². The minimum absolute atomic E-state index is 0.0728. The van der Waals surface area contributed by atoms with Crippen LogP contribution in [0.25, 0.3) is 0 Å². The van der Waals surface area contributed by atoms with Gasteiger partial charge in [0.1, 0.15) is 13.2 Å². The van der Waals surface area contributed by atoms with Crippen molar-refractivity contribution < 1.29 is 24.2 Å². The zero-order valence-electron chi connectivity index (χ0n) is 12.4. The normalized spacial score (nSPS) is 13.6. The molecule has 0 saturated heterocycles. The van der Waals surface area contributed by atoms with Crippen LogP contribution >= 0.6 is 15.9 Å². The lowest BCUT2D eigenvalue weighted by molar-refractivity contribution is -0.146. The van der Waals surface area contributed by atoms with Crippen molar-refractivity contribution in [2.45, 2.75) is 20.3 Å². The quantitative estimate of drug-likeness (QED) is 0.826. The van der Waals surface area contributed by atoms with Crippen LogP contribution in [-0.2, 0) is 16.0 Å². The number of carbonyl (C=O) groups is 2. The molecule has 2 N–H and O–H groups in total. The number of aliphatic carboxylic acids is 1. The number of nitrogens with one attached hydrogen (secondary N) is 1. The first-order valence-electron chi connectivity index (χ1n) is 6.88. The van der Waals surface area contributed by atoms with Gasteiger partial charge in [0.25, 0.3) is 0 Å². The van der Waals surface area contributed by atoms with E-state index in [1.54, 1.807) is 26.0 Å². The number of rotatable bonds is 5. The van der Waals surface area contributed by atoms with Crippen molar-refractivity contribution in [1.29, 1.82) is 0 Å². The fraction of sp³-hybridized carbons (Fsp3) is 0.467. The molecule has 1 aliphatic heterocycles. The topological polar surface area (TPSA) is 84.9 Å². The minimum atomic E-state index is -1.00. The zero-order chi connectivity index (χ0) is 16.3. The highest BCUT2D eigenvalue weighted by molar-refractivity contribution is 9.10. The summed E-state index contributed by atoms with van der Waals surface area (Å²) in [7, 11) is 0. The van der Waals surface area contributed by atoms with Crippen molar-refractivity contribution in [2.75, 3.05) is 19.8 Å². The molecule has 7 heteroatoms. The van der Waals surface area contributed by atoms with Crippen LogP contribution in [0.15, 0.2) is 16.6 Å². The predicted molar refractivity (Wildman–Crippen MR) is 83.3 cm³/mol. The lowest BCUT2D eigenvalue weighted by Crippen LogP contribution is -2.39. The van der Waals surface area contributed by atoms with Crippen LogP contribution < -0.4 is 14.8 Å². The third-order valence-electron chi connectivity index (χ3n) is 3.37. The summed E-state index contributed by atoms with van der Waals surface area (Å²) in [6.07, 6.45) is 0.132. The minimum Gasteiger partial charge on any atom is -0.486 e. The lowest BCUT2D eigenvalue weighted by Gasteiger charge is -2.21. The Morgan fingerprint density at radius 2 is 1.86 bits per heavy atom. The smallest absolute Gasteiger partial charge is 0.310 e. The molecule has 0 aliphatic carbocycles. The number of fused-ring (bicyclic) bond motifs is 1. The molecule has 6 nitrogen and oxygen atoms in total. The molecule has 0 atom stereocenters. The molecule has 22 heavy (non-hydrogen) atoms. The van der Waals surface area contributed by atoms with Gasteiger partial charge in [0.15, 0.2) is 11.5 Å². The third-order valence-corrected chi connectivity index (χ3v) is 4.11. The van der Waals surface area contributed by atoms with E-state index in [2.05, 4.69) is 21.2 Å². The number of halogens is 1. The average Bonchev–Trinajstić information content (AvgIpc) is 2.46. The van der Waals surface area contributed by atoms with Crippen LogP contribution in [-0.4, -0.2) is 36.7 Å². The van der Waals surface area contributed by atoms with E-state index in [1.807, 2.05) is 0 Å².